The van der Waals surface area contributed by atoms with Crippen molar-refractivity contribution >= 4 is 11.9 Å². The summed E-state index contributed by atoms with van der Waals surface area (Å²) in [7, 11) is 0. The highest BCUT2D eigenvalue weighted by Crippen LogP contribution is 2.33. The Morgan fingerprint density at radius 3 is 2.56 bits per heavy atom. The van der Waals surface area contributed by atoms with Crippen molar-refractivity contribution < 1.29 is 34.4 Å². The summed E-state index contributed by atoms with van der Waals surface area (Å²) in [6, 6.07) is -0.824. The number of nitrogens with zero attached hydrogens (tertiary/aromatic N) is 2. The number of esters is 1. The van der Waals surface area contributed by atoms with Gasteiger partial charge in [0.25, 0.3) is 5.91 Å². The Labute approximate surface area is 143 Å². The van der Waals surface area contributed by atoms with Gasteiger partial charge in [0.15, 0.2) is 11.9 Å². The van der Waals surface area contributed by atoms with E-state index < -0.39 is 54.0 Å². The van der Waals surface area contributed by atoms with Gasteiger partial charge < -0.3 is 36.3 Å². The molecular weight excluding hydrogens is 336 g/mol. The minimum atomic E-state index is -1.46. The molecule has 1 saturated heterocycles. The highest BCUT2D eigenvalue weighted by Gasteiger charge is 2.45. The van der Waals surface area contributed by atoms with Gasteiger partial charge in [-0.3, -0.25) is 14.2 Å². The predicted molar refractivity (Wildman–Crippen MR) is 82.1 cm³/mol. The molecule has 140 valence electrons. The SMILES string of the molecule is CC(C)[C@H](N)C(=O)OC[C@H]1O[C@@H](n2cnc(C(N)=O)c2O)[C@H](O)[C@@H]1O. The average molecular weight is 358 g/mol. The lowest BCUT2D eigenvalue weighted by atomic mass is 10.1. The zero-order chi connectivity index (χ0) is 18.9. The molecule has 5 atom stereocenters. The highest BCUT2D eigenvalue weighted by molar-refractivity contribution is 5.93. The summed E-state index contributed by atoms with van der Waals surface area (Å²) in [5.74, 6) is -2.36. The number of ether oxygens (including phenoxy) is 2. The van der Waals surface area contributed by atoms with Gasteiger partial charge in [0.05, 0.1) is 0 Å². The monoisotopic (exact) mass is 358 g/mol. The average Bonchev–Trinajstić information content (AvgIpc) is 3.06. The van der Waals surface area contributed by atoms with Gasteiger partial charge >= 0.3 is 5.97 Å². The molecule has 7 N–H and O–H groups in total. The zero-order valence-corrected chi connectivity index (χ0v) is 13.8. The molecule has 11 nitrogen and oxygen atoms in total. The number of carbonyl (C=O) groups is 2. The minimum absolute atomic E-state index is 0.129. The third-order valence-electron chi connectivity index (χ3n) is 3.99. The van der Waals surface area contributed by atoms with E-state index in [0.29, 0.717) is 0 Å². The maximum Gasteiger partial charge on any atom is 0.323 e. The molecule has 0 bridgehead atoms. The number of hydrogen-bond acceptors (Lipinski definition) is 9. The van der Waals surface area contributed by atoms with Crippen LogP contribution in [-0.4, -0.2) is 67.7 Å². The van der Waals surface area contributed by atoms with Crippen molar-refractivity contribution in [3.05, 3.63) is 12.0 Å². The van der Waals surface area contributed by atoms with Crippen molar-refractivity contribution in [2.45, 2.75) is 44.4 Å². The van der Waals surface area contributed by atoms with Crippen LogP contribution in [0.4, 0.5) is 0 Å². The number of carbonyl (C=O) groups excluding carboxylic acids is 2. The Morgan fingerprint density at radius 2 is 2.04 bits per heavy atom. The molecule has 1 fully saturated rings. The molecule has 0 unspecified atom stereocenters. The van der Waals surface area contributed by atoms with Crippen molar-refractivity contribution in [2.24, 2.45) is 17.4 Å². The predicted octanol–water partition coefficient (Wildman–Crippen LogP) is -2.17. The number of imidazole rings is 1. The molecule has 0 radical (unpaired) electrons. The number of nitrogens with two attached hydrogens (primary N) is 2. The molecule has 2 rings (SSSR count). The van der Waals surface area contributed by atoms with E-state index in [1.165, 1.54) is 0 Å². The van der Waals surface area contributed by atoms with Gasteiger partial charge in [-0.1, -0.05) is 13.8 Å². The number of aliphatic hydroxyl groups is 2. The minimum Gasteiger partial charge on any atom is -0.493 e. The molecule has 0 aromatic carbocycles. The van der Waals surface area contributed by atoms with Crippen LogP contribution in [-0.2, 0) is 14.3 Å². The summed E-state index contributed by atoms with van der Waals surface area (Å²) in [5.41, 5.74) is 10.3. The first-order valence-corrected chi connectivity index (χ1v) is 7.64. The van der Waals surface area contributed by atoms with Crippen LogP contribution in [0, 0.1) is 5.92 Å². The molecule has 0 saturated carbocycles. The molecule has 25 heavy (non-hydrogen) atoms. The first kappa shape index (κ1) is 19.1. The van der Waals surface area contributed by atoms with Crippen molar-refractivity contribution in [1.29, 1.82) is 0 Å². The summed E-state index contributed by atoms with van der Waals surface area (Å²) in [5, 5.41) is 30.1. The first-order chi connectivity index (χ1) is 11.6. The van der Waals surface area contributed by atoms with E-state index in [9.17, 15) is 24.9 Å². The van der Waals surface area contributed by atoms with Crippen LogP contribution in [0.25, 0.3) is 0 Å². The molecule has 1 aliphatic heterocycles. The van der Waals surface area contributed by atoms with Crippen LogP contribution < -0.4 is 11.5 Å². The van der Waals surface area contributed by atoms with Gasteiger partial charge in [0, 0.05) is 0 Å². The largest absolute Gasteiger partial charge is 0.493 e. The first-order valence-electron chi connectivity index (χ1n) is 7.64. The van der Waals surface area contributed by atoms with E-state index in [-0.39, 0.29) is 12.5 Å². The lowest BCUT2D eigenvalue weighted by Gasteiger charge is -2.18. The molecule has 1 amide bonds. The van der Waals surface area contributed by atoms with Crippen LogP contribution in [0.15, 0.2) is 6.33 Å². The smallest absolute Gasteiger partial charge is 0.323 e. The molecule has 2 heterocycles. The molecule has 1 aliphatic rings. The zero-order valence-electron chi connectivity index (χ0n) is 13.8. The number of amides is 1. The Bertz CT molecular complexity index is 647. The number of hydrogen-bond donors (Lipinski definition) is 5. The quantitative estimate of drug-likeness (QED) is 0.353. The molecule has 0 spiro atoms. The second-order valence-corrected chi connectivity index (χ2v) is 6.13. The van der Waals surface area contributed by atoms with E-state index >= 15 is 0 Å². The summed E-state index contributed by atoms with van der Waals surface area (Å²) in [6.07, 6.45) is -4.10. The number of aromatic nitrogens is 2. The van der Waals surface area contributed by atoms with E-state index in [1.54, 1.807) is 13.8 Å². The number of rotatable bonds is 6. The lowest BCUT2D eigenvalue weighted by molar-refractivity contribution is -0.152. The number of aliphatic hydroxyl groups excluding tert-OH is 2. The third kappa shape index (κ3) is 3.74. The van der Waals surface area contributed by atoms with Crippen molar-refractivity contribution in [1.82, 2.24) is 9.55 Å². The Kier molecular flexibility index (Phi) is 5.62. The summed E-state index contributed by atoms with van der Waals surface area (Å²) < 4.78 is 11.4. The fourth-order valence-electron chi connectivity index (χ4n) is 2.34. The highest BCUT2D eigenvalue weighted by atomic mass is 16.6. The molecule has 0 aliphatic carbocycles. The van der Waals surface area contributed by atoms with E-state index in [4.69, 9.17) is 20.9 Å². The van der Waals surface area contributed by atoms with Crippen LogP contribution >= 0.6 is 0 Å². The van der Waals surface area contributed by atoms with Crippen LogP contribution in [0.1, 0.15) is 30.6 Å². The molecular formula is C14H22N4O7. The van der Waals surface area contributed by atoms with Gasteiger partial charge in [0.1, 0.15) is 37.3 Å². The van der Waals surface area contributed by atoms with Gasteiger partial charge in [-0.05, 0) is 5.92 Å². The summed E-state index contributed by atoms with van der Waals surface area (Å²) >= 11 is 0. The summed E-state index contributed by atoms with van der Waals surface area (Å²) in [6.45, 7) is 3.17. The lowest BCUT2D eigenvalue weighted by Crippen LogP contribution is -2.40. The normalized spacial score (nSPS) is 27.4. The summed E-state index contributed by atoms with van der Waals surface area (Å²) in [4.78, 5) is 26.5. The maximum absolute atomic E-state index is 11.8. The van der Waals surface area contributed by atoms with Crippen molar-refractivity contribution in [2.75, 3.05) is 6.61 Å². The fraction of sp³-hybridized carbons (Fsp3) is 0.643. The molecule has 1 aromatic rings. The second kappa shape index (κ2) is 7.35. The standard InChI is InChI=1S/C14H22N4O7/c1-5(2)7(15)14(23)24-3-6-9(19)10(20)13(25-6)18-4-17-8(11(16)21)12(18)22/h4-7,9-10,13,19-20,22H,3,15H2,1-2H3,(H2,16,21)/t6-,7+,9-,10-,13-/m1/s1. The van der Waals surface area contributed by atoms with Gasteiger partial charge in [0.2, 0.25) is 5.88 Å². The van der Waals surface area contributed by atoms with Crippen LogP contribution in [0.2, 0.25) is 0 Å². The van der Waals surface area contributed by atoms with E-state index in [0.717, 1.165) is 10.9 Å². The number of aromatic hydroxyl groups is 1. The molecule has 1 aromatic heterocycles. The van der Waals surface area contributed by atoms with Crippen LogP contribution in [0.3, 0.4) is 0 Å². The maximum atomic E-state index is 11.8. The van der Waals surface area contributed by atoms with Crippen molar-refractivity contribution in [3.63, 3.8) is 0 Å². The Morgan fingerprint density at radius 1 is 1.40 bits per heavy atom. The molecule has 11 heteroatoms. The van der Waals surface area contributed by atoms with Gasteiger partial charge in [-0.25, -0.2) is 4.98 Å². The van der Waals surface area contributed by atoms with Crippen LogP contribution in [0.5, 0.6) is 5.88 Å². The second-order valence-electron chi connectivity index (χ2n) is 6.13. The van der Waals surface area contributed by atoms with Crippen molar-refractivity contribution in [3.8, 4) is 5.88 Å². The van der Waals surface area contributed by atoms with E-state index in [1.807, 2.05) is 0 Å². The van der Waals surface area contributed by atoms with E-state index in [2.05, 4.69) is 4.98 Å². The Hall–Kier alpha value is -2.21. The van der Waals surface area contributed by atoms with Gasteiger partial charge in [-0.2, -0.15) is 0 Å². The Balaban J connectivity index is 2.06. The van der Waals surface area contributed by atoms with Gasteiger partial charge in [-0.15, -0.1) is 0 Å². The fourth-order valence-corrected chi connectivity index (χ4v) is 2.34. The topological polar surface area (TPSA) is 183 Å². The number of primary amides is 1. The third-order valence-corrected chi connectivity index (χ3v) is 3.99.